The molecule has 1 saturated carbocycles. The highest BCUT2D eigenvalue weighted by molar-refractivity contribution is 6.74. The number of hydrogen-bond donors (Lipinski definition) is 0. The highest BCUT2D eigenvalue weighted by atomic mass is 28.4. The lowest BCUT2D eigenvalue weighted by atomic mass is 9.72. The Hall–Kier alpha value is -0.818. The van der Waals surface area contributed by atoms with Crippen molar-refractivity contribution in [3.8, 4) is 5.75 Å². The van der Waals surface area contributed by atoms with E-state index < -0.39 is 15.4 Å². The van der Waals surface area contributed by atoms with Crippen LogP contribution in [-0.2, 0) is 19.3 Å². The van der Waals surface area contributed by atoms with Crippen molar-refractivity contribution in [2.45, 2.75) is 103 Å². The Morgan fingerprint density at radius 1 is 1.00 bits per heavy atom. The van der Waals surface area contributed by atoms with Gasteiger partial charge in [-0.3, -0.25) is 0 Å². The van der Waals surface area contributed by atoms with E-state index in [1.165, 1.54) is 12.0 Å². The minimum absolute atomic E-state index is 0.183. The summed E-state index contributed by atoms with van der Waals surface area (Å²) in [7, 11) is -0.598. The summed E-state index contributed by atoms with van der Waals surface area (Å²) < 4.78 is 25.3. The predicted octanol–water partition coefficient (Wildman–Crippen LogP) is 5.40. The van der Waals surface area contributed by atoms with Gasteiger partial charge in [-0.1, -0.05) is 32.9 Å². The van der Waals surface area contributed by atoms with E-state index in [0.717, 1.165) is 24.1 Å². The summed E-state index contributed by atoms with van der Waals surface area (Å²) in [5, 5.41) is 0.183. The number of benzene rings is 1. The Morgan fingerprint density at radius 3 is 1.97 bits per heavy atom. The normalized spacial score (nSPS) is 23.0. The molecule has 0 unspecified atom stereocenters. The lowest BCUT2D eigenvalue weighted by molar-refractivity contribution is -0.0254. The topological polar surface area (TPSA) is 36.9 Å². The van der Waals surface area contributed by atoms with Gasteiger partial charge in [0.1, 0.15) is 5.75 Å². The molecular formula is C23H39BO4Si. The first-order valence-electron chi connectivity index (χ1n) is 10.9. The zero-order valence-electron chi connectivity index (χ0n) is 20.1. The monoisotopic (exact) mass is 418 g/mol. The van der Waals surface area contributed by atoms with E-state index in [2.05, 4.69) is 79.8 Å². The van der Waals surface area contributed by atoms with Gasteiger partial charge in [0.25, 0.3) is 0 Å². The average molecular weight is 418 g/mol. The molecule has 162 valence electrons. The molecule has 29 heavy (non-hydrogen) atoms. The van der Waals surface area contributed by atoms with Crippen molar-refractivity contribution in [3.63, 3.8) is 0 Å². The van der Waals surface area contributed by atoms with Gasteiger partial charge in [-0.05, 0) is 76.7 Å². The highest BCUT2D eigenvalue weighted by Crippen LogP contribution is 2.51. The van der Waals surface area contributed by atoms with Crippen molar-refractivity contribution in [2.24, 2.45) is 0 Å². The molecule has 4 nitrogen and oxygen atoms in total. The van der Waals surface area contributed by atoms with Crippen LogP contribution in [0.4, 0.5) is 0 Å². The maximum atomic E-state index is 6.96. The van der Waals surface area contributed by atoms with Crippen LogP contribution in [0.1, 0.15) is 73.3 Å². The molecule has 0 N–H and O–H groups in total. The number of ether oxygens (including phenoxy) is 1. The van der Waals surface area contributed by atoms with Crippen LogP contribution in [0, 0.1) is 0 Å². The number of rotatable bonds is 5. The second-order valence-corrected chi connectivity index (χ2v) is 16.0. The van der Waals surface area contributed by atoms with Crippen LogP contribution >= 0.6 is 0 Å². The Kier molecular flexibility index (Phi) is 5.61. The van der Waals surface area contributed by atoms with Gasteiger partial charge in [-0.2, -0.15) is 0 Å². The van der Waals surface area contributed by atoms with Gasteiger partial charge in [-0.25, -0.2) is 0 Å². The molecule has 0 aromatic heterocycles. The van der Waals surface area contributed by atoms with Crippen LogP contribution in [0.5, 0.6) is 5.75 Å². The Morgan fingerprint density at radius 2 is 1.55 bits per heavy atom. The summed E-state index contributed by atoms with van der Waals surface area (Å²) in [5.74, 6) is 0.811. The Bertz CT molecular complexity index is 747. The van der Waals surface area contributed by atoms with E-state index >= 15 is 0 Å². The van der Waals surface area contributed by atoms with Crippen molar-refractivity contribution < 1.29 is 18.5 Å². The van der Waals surface area contributed by atoms with Crippen LogP contribution in [0.25, 0.3) is 0 Å². The van der Waals surface area contributed by atoms with E-state index in [1.807, 2.05) is 0 Å². The number of methoxy groups -OCH3 is 1. The van der Waals surface area contributed by atoms with Gasteiger partial charge in [0.15, 0.2) is 8.32 Å². The molecule has 0 spiro atoms. The molecule has 1 aromatic rings. The van der Waals surface area contributed by atoms with Crippen molar-refractivity contribution in [1.29, 1.82) is 0 Å². The standard InChI is InChI=1S/C23H39BO4Si/c1-20(2,3)29(9,10)28-23(14-11-15-23)17-12-13-18(19(16-17)25-8)24-26-21(4,5)22(6,7)27-24/h12-13,16H,11,14-15H2,1-10H3. The van der Waals surface area contributed by atoms with Gasteiger partial charge in [0, 0.05) is 5.46 Å². The first-order valence-corrected chi connectivity index (χ1v) is 13.8. The lowest BCUT2D eigenvalue weighted by Gasteiger charge is -2.50. The summed E-state index contributed by atoms with van der Waals surface area (Å²) in [5.41, 5.74) is 1.22. The van der Waals surface area contributed by atoms with Gasteiger partial charge < -0.3 is 18.5 Å². The smallest absolute Gasteiger partial charge is 0.497 e. The van der Waals surface area contributed by atoms with Crippen LogP contribution < -0.4 is 10.2 Å². The lowest BCUT2D eigenvalue weighted by Crippen LogP contribution is -2.51. The fraction of sp³-hybridized carbons (Fsp3) is 0.739. The molecule has 2 fully saturated rings. The van der Waals surface area contributed by atoms with Gasteiger partial charge in [-0.15, -0.1) is 0 Å². The van der Waals surface area contributed by atoms with Crippen LogP contribution in [0.3, 0.4) is 0 Å². The summed E-state index contributed by atoms with van der Waals surface area (Å²) in [6.07, 6.45) is 3.34. The van der Waals surface area contributed by atoms with Crippen LogP contribution in [0.2, 0.25) is 18.1 Å². The summed E-state index contributed by atoms with van der Waals surface area (Å²) >= 11 is 0. The fourth-order valence-electron chi connectivity index (χ4n) is 3.75. The predicted molar refractivity (Wildman–Crippen MR) is 123 cm³/mol. The molecule has 0 bridgehead atoms. The average Bonchev–Trinajstić information content (AvgIpc) is 2.77. The first kappa shape index (κ1) is 22.9. The van der Waals surface area contributed by atoms with E-state index in [4.69, 9.17) is 18.5 Å². The van der Waals surface area contributed by atoms with Crippen molar-refractivity contribution in [1.82, 2.24) is 0 Å². The van der Waals surface area contributed by atoms with E-state index in [1.54, 1.807) is 7.11 Å². The minimum atomic E-state index is -1.89. The third-order valence-electron chi connectivity index (χ3n) is 7.68. The SMILES string of the molecule is COc1cc(C2(O[Si](C)(C)C(C)(C)C)CCC2)ccc1B1OC(C)(C)C(C)(C)O1. The van der Waals surface area contributed by atoms with Crippen molar-refractivity contribution in [3.05, 3.63) is 23.8 Å². The van der Waals surface area contributed by atoms with E-state index in [9.17, 15) is 0 Å². The molecule has 6 heteroatoms. The second-order valence-electron chi connectivity index (χ2n) is 11.3. The van der Waals surface area contributed by atoms with Crippen LogP contribution in [-0.4, -0.2) is 33.7 Å². The quantitative estimate of drug-likeness (QED) is 0.601. The minimum Gasteiger partial charge on any atom is -0.497 e. The molecule has 1 aliphatic heterocycles. The molecule has 1 heterocycles. The van der Waals surface area contributed by atoms with E-state index in [0.29, 0.717) is 0 Å². The maximum absolute atomic E-state index is 6.96. The summed E-state index contributed by atoms with van der Waals surface area (Å²) in [4.78, 5) is 0. The third kappa shape index (κ3) is 3.94. The summed E-state index contributed by atoms with van der Waals surface area (Å²) in [6, 6.07) is 6.44. The van der Waals surface area contributed by atoms with Crippen molar-refractivity contribution >= 4 is 20.9 Å². The molecule has 3 rings (SSSR count). The van der Waals surface area contributed by atoms with Gasteiger partial charge in [0.05, 0.1) is 23.9 Å². The molecule has 0 amide bonds. The first-order chi connectivity index (χ1) is 13.1. The highest BCUT2D eigenvalue weighted by Gasteiger charge is 2.53. The third-order valence-corrected chi connectivity index (χ3v) is 12.2. The zero-order chi connectivity index (χ0) is 21.9. The Labute approximate surface area is 178 Å². The van der Waals surface area contributed by atoms with Crippen LogP contribution in [0.15, 0.2) is 18.2 Å². The molecule has 1 aliphatic carbocycles. The maximum Gasteiger partial charge on any atom is 0.498 e. The second kappa shape index (κ2) is 7.11. The molecule has 1 aromatic carbocycles. The molecule has 0 radical (unpaired) electrons. The Balaban J connectivity index is 1.93. The van der Waals surface area contributed by atoms with Gasteiger partial charge in [0.2, 0.25) is 0 Å². The zero-order valence-corrected chi connectivity index (χ0v) is 21.1. The molecule has 2 aliphatic rings. The molecule has 1 saturated heterocycles. The van der Waals surface area contributed by atoms with Crippen molar-refractivity contribution in [2.75, 3.05) is 7.11 Å². The van der Waals surface area contributed by atoms with Gasteiger partial charge >= 0.3 is 7.12 Å². The fourth-order valence-corrected chi connectivity index (χ4v) is 5.35. The molecule has 0 atom stereocenters. The molecular weight excluding hydrogens is 379 g/mol. The number of hydrogen-bond acceptors (Lipinski definition) is 4. The van der Waals surface area contributed by atoms with E-state index in [-0.39, 0.29) is 21.8 Å². The largest absolute Gasteiger partial charge is 0.498 e. The summed E-state index contributed by atoms with van der Waals surface area (Å²) in [6.45, 7) is 19.9.